The van der Waals surface area contributed by atoms with Gasteiger partial charge in [0.05, 0.1) is 19.3 Å². The Morgan fingerprint density at radius 1 is 1.06 bits per heavy atom. The summed E-state index contributed by atoms with van der Waals surface area (Å²) in [6.07, 6.45) is 1.32. The minimum absolute atomic E-state index is 0.240. The number of rotatable bonds is 8. The van der Waals surface area contributed by atoms with Crippen molar-refractivity contribution in [1.29, 1.82) is 0 Å². The first kappa shape index (κ1) is 20.5. The average Bonchev–Trinajstić information content (AvgIpc) is 3.31. The lowest BCUT2D eigenvalue weighted by Gasteiger charge is -2.07. The van der Waals surface area contributed by atoms with Crippen molar-refractivity contribution in [3.8, 4) is 22.2 Å². The van der Waals surface area contributed by atoms with Crippen LogP contribution in [0.3, 0.4) is 0 Å². The van der Waals surface area contributed by atoms with Crippen molar-refractivity contribution >= 4 is 17.2 Å². The summed E-state index contributed by atoms with van der Waals surface area (Å²) in [6.45, 7) is 0.668. The highest BCUT2D eigenvalue weighted by atomic mass is 32.1. The Kier molecular flexibility index (Phi) is 6.49. The smallest absolute Gasteiger partial charge is 0.270 e. The molecule has 0 fully saturated rings. The minimum Gasteiger partial charge on any atom is -0.497 e. The van der Waals surface area contributed by atoms with Crippen LogP contribution in [-0.2, 0) is 13.2 Å². The largest absolute Gasteiger partial charge is 0.497 e. The number of hydrogen-bond acceptors (Lipinski definition) is 7. The fourth-order valence-electron chi connectivity index (χ4n) is 2.79. The van der Waals surface area contributed by atoms with Crippen LogP contribution < -0.4 is 14.8 Å². The lowest BCUT2D eigenvalue weighted by molar-refractivity contribution is 0.0944. The van der Waals surface area contributed by atoms with E-state index in [1.807, 2.05) is 60.0 Å². The number of hydrogen-bond donors (Lipinski definition) is 1. The van der Waals surface area contributed by atoms with E-state index in [2.05, 4.69) is 20.3 Å². The van der Waals surface area contributed by atoms with Gasteiger partial charge in [0.2, 0.25) is 5.88 Å². The molecule has 2 aromatic heterocycles. The van der Waals surface area contributed by atoms with Crippen LogP contribution in [0.25, 0.3) is 10.6 Å². The molecule has 0 bridgehead atoms. The number of ether oxygens (including phenoxy) is 2. The van der Waals surface area contributed by atoms with Gasteiger partial charge in [-0.25, -0.2) is 15.0 Å². The summed E-state index contributed by atoms with van der Waals surface area (Å²) in [6, 6.07) is 19.0. The number of amides is 1. The highest BCUT2D eigenvalue weighted by Gasteiger charge is 2.11. The van der Waals surface area contributed by atoms with Gasteiger partial charge in [0.1, 0.15) is 29.4 Å². The summed E-state index contributed by atoms with van der Waals surface area (Å²) in [5.41, 5.74) is 3.03. The molecule has 8 heteroatoms. The lowest BCUT2D eigenvalue weighted by Crippen LogP contribution is -2.24. The average molecular weight is 433 g/mol. The predicted octanol–water partition coefficient (Wildman–Crippen LogP) is 4.12. The molecule has 0 aliphatic rings. The third-order valence-corrected chi connectivity index (χ3v) is 5.36. The molecule has 4 rings (SSSR count). The van der Waals surface area contributed by atoms with E-state index in [1.165, 1.54) is 23.7 Å². The van der Waals surface area contributed by atoms with Gasteiger partial charge in [-0.3, -0.25) is 4.79 Å². The van der Waals surface area contributed by atoms with Crippen LogP contribution in [0.1, 0.15) is 21.7 Å². The van der Waals surface area contributed by atoms with Crippen molar-refractivity contribution in [1.82, 2.24) is 20.3 Å². The van der Waals surface area contributed by atoms with Gasteiger partial charge in [-0.1, -0.05) is 30.3 Å². The fraction of sp³-hybridized carbons (Fsp3) is 0.130. The van der Waals surface area contributed by atoms with Gasteiger partial charge >= 0.3 is 0 Å². The number of aromatic nitrogens is 3. The van der Waals surface area contributed by atoms with Crippen LogP contribution in [0.2, 0.25) is 0 Å². The van der Waals surface area contributed by atoms with Gasteiger partial charge in [0, 0.05) is 17.0 Å². The van der Waals surface area contributed by atoms with E-state index in [1.54, 1.807) is 7.11 Å². The van der Waals surface area contributed by atoms with Gasteiger partial charge < -0.3 is 14.8 Å². The molecule has 0 atom stereocenters. The molecular formula is C23H20N4O3S. The third kappa shape index (κ3) is 5.43. The molecule has 0 saturated carbocycles. The Hall–Kier alpha value is -3.78. The molecule has 2 heterocycles. The maximum Gasteiger partial charge on any atom is 0.270 e. The number of nitrogens with one attached hydrogen (secondary N) is 1. The number of benzene rings is 2. The van der Waals surface area contributed by atoms with E-state index in [-0.39, 0.29) is 11.6 Å². The summed E-state index contributed by atoms with van der Waals surface area (Å²) in [4.78, 5) is 25.2. The molecule has 7 nitrogen and oxygen atoms in total. The Balaban J connectivity index is 1.34. The molecule has 0 radical (unpaired) electrons. The molecule has 2 aromatic carbocycles. The highest BCUT2D eigenvalue weighted by Crippen LogP contribution is 2.25. The molecular weight excluding hydrogens is 412 g/mol. The van der Waals surface area contributed by atoms with Crippen molar-refractivity contribution in [2.24, 2.45) is 0 Å². The molecule has 4 aromatic rings. The Morgan fingerprint density at radius 3 is 2.65 bits per heavy atom. The van der Waals surface area contributed by atoms with Gasteiger partial charge in [0.25, 0.3) is 5.91 Å². The van der Waals surface area contributed by atoms with E-state index in [0.29, 0.717) is 19.0 Å². The number of nitrogens with zero attached hydrogens (tertiary/aromatic N) is 3. The Labute approximate surface area is 183 Å². The highest BCUT2D eigenvalue weighted by molar-refractivity contribution is 7.13. The maximum absolute atomic E-state index is 12.5. The normalized spacial score (nSPS) is 10.5. The quantitative estimate of drug-likeness (QED) is 0.451. The molecule has 0 aliphatic heterocycles. The first-order valence-electron chi connectivity index (χ1n) is 9.57. The Bertz CT molecular complexity index is 1150. The van der Waals surface area contributed by atoms with E-state index in [4.69, 9.17) is 9.47 Å². The molecule has 31 heavy (non-hydrogen) atoms. The zero-order valence-corrected chi connectivity index (χ0v) is 17.6. The standard InChI is InChI=1S/C23H20N4O3S/c1-29-19-9-7-17(8-10-19)23-27-18(14-31-23)12-24-22(28)20-11-21(26-15-25-20)30-13-16-5-3-2-4-6-16/h2-11,14-15H,12-13H2,1H3,(H,24,28). The van der Waals surface area contributed by atoms with Crippen LogP contribution >= 0.6 is 11.3 Å². The van der Waals surface area contributed by atoms with Crippen molar-refractivity contribution in [2.45, 2.75) is 13.2 Å². The maximum atomic E-state index is 12.5. The van der Waals surface area contributed by atoms with Gasteiger partial charge in [-0.05, 0) is 29.8 Å². The summed E-state index contributed by atoms with van der Waals surface area (Å²) in [5, 5.41) is 5.64. The van der Waals surface area contributed by atoms with Crippen LogP contribution in [-0.4, -0.2) is 28.0 Å². The number of thiazole rings is 1. The Morgan fingerprint density at radius 2 is 1.87 bits per heavy atom. The topological polar surface area (TPSA) is 86.2 Å². The molecule has 1 amide bonds. The predicted molar refractivity (Wildman–Crippen MR) is 118 cm³/mol. The number of methoxy groups -OCH3 is 1. The first-order chi connectivity index (χ1) is 15.2. The van der Waals surface area contributed by atoms with E-state index in [0.717, 1.165) is 27.6 Å². The summed E-state index contributed by atoms with van der Waals surface area (Å²) >= 11 is 1.52. The van der Waals surface area contributed by atoms with Crippen molar-refractivity contribution in [3.63, 3.8) is 0 Å². The second-order valence-corrected chi connectivity index (χ2v) is 7.43. The molecule has 0 spiro atoms. The second-order valence-electron chi connectivity index (χ2n) is 6.57. The minimum atomic E-state index is -0.314. The van der Waals surface area contributed by atoms with E-state index >= 15 is 0 Å². The summed E-state index contributed by atoms with van der Waals surface area (Å²) in [7, 11) is 1.63. The molecule has 1 N–H and O–H groups in total. The van der Waals surface area contributed by atoms with E-state index < -0.39 is 0 Å². The zero-order valence-electron chi connectivity index (χ0n) is 16.8. The SMILES string of the molecule is COc1ccc(-c2nc(CNC(=O)c3cc(OCc4ccccc4)ncn3)cs2)cc1. The van der Waals surface area contributed by atoms with E-state index in [9.17, 15) is 4.79 Å². The van der Waals surface area contributed by atoms with Crippen LogP contribution in [0, 0.1) is 0 Å². The van der Waals surface area contributed by atoms with Crippen molar-refractivity contribution in [3.05, 3.63) is 89.3 Å². The zero-order chi connectivity index (χ0) is 21.5. The third-order valence-electron chi connectivity index (χ3n) is 4.42. The summed E-state index contributed by atoms with van der Waals surface area (Å²) < 4.78 is 10.8. The molecule has 0 unspecified atom stereocenters. The van der Waals surface area contributed by atoms with Crippen LogP contribution in [0.5, 0.6) is 11.6 Å². The fourth-order valence-corrected chi connectivity index (χ4v) is 3.62. The van der Waals surface area contributed by atoms with Gasteiger partial charge in [-0.15, -0.1) is 11.3 Å². The van der Waals surface area contributed by atoms with Crippen molar-refractivity contribution < 1.29 is 14.3 Å². The monoisotopic (exact) mass is 432 g/mol. The van der Waals surface area contributed by atoms with Crippen molar-refractivity contribution in [2.75, 3.05) is 7.11 Å². The lowest BCUT2D eigenvalue weighted by atomic mass is 10.2. The molecule has 156 valence electrons. The van der Waals surface area contributed by atoms with Crippen LogP contribution in [0.15, 0.2) is 72.4 Å². The second kappa shape index (κ2) is 9.82. The van der Waals surface area contributed by atoms with Gasteiger partial charge in [0.15, 0.2) is 0 Å². The molecule has 0 aliphatic carbocycles. The van der Waals surface area contributed by atoms with Crippen LogP contribution in [0.4, 0.5) is 0 Å². The van der Waals surface area contributed by atoms with Gasteiger partial charge in [-0.2, -0.15) is 0 Å². The number of carbonyl (C=O) groups excluding carboxylic acids is 1. The summed E-state index contributed by atoms with van der Waals surface area (Å²) in [5.74, 6) is 0.829. The first-order valence-corrected chi connectivity index (χ1v) is 10.4. The number of carbonyl (C=O) groups is 1. The molecule has 0 saturated heterocycles.